The lowest BCUT2D eigenvalue weighted by molar-refractivity contribution is 0.598. The van der Waals surface area contributed by atoms with Crippen LogP contribution in [-0.2, 0) is 6.42 Å². The molecule has 0 fully saturated rings. The fourth-order valence-electron chi connectivity index (χ4n) is 2.17. The number of aryl methyl sites for hydroxylation is 1. The predicted molar refractivity (Wildman–Crippen MR) is 85.5 cm³/mol. The minimum absolute atomic E-state index is 0.510. The van der Waals surface area contributed by atoms with Gasteiger partial charge in [-0.25, -0.2) is 0 Å². The first-order valence-corrected chi connectivity index (χ1v) is 7.90. The lowest BCUT2D eigenvalue weighted by atomic mass is 9.94. The first-order chi connectivity index (χ1) is 9.19. The molecule has 102 valence electrons. The summed E-state index contributed by atoms with van der Waals surface area (Å²) >= 11 is 7.70. The maximum atomic E-state index is 6.02. The number of likely N-dealkylation sites (N-methyl/N-ethyl adjacent to an activating group) is 1. The van der Waals surface area contributed by atoms with Crippen molar-refractivity contribution in [2.24, 2.45) is 0 Å². The fourth-order valence-corrected chi connectivity index (χ4v) is 3.34. The van der Waals surface area contributed by atoms with Crippen LogP contribution in [0.25, 0.3) is 0 Å². The summed E-state index contributed by atoms with van der Waals surface area (Å²) < 4.78 is 0.876. The fraction of sp³-hybridized carbons (Fsp3) is 0.375. The summed E-state index contributed by atoms with van der Waals surface area (Å²) in [5, 5.41) is 3.46. The molecule has 1 aromatic carbocycles. The lowest BCUT2D eigenvalue weighted by Gasteiger charge is -2.17. The van der Waals surface area contributed by atoms with Crippen molar-refractivity contribution < 1.29 is 0 Å². The molecule has 1 nitrogen and oxygen atoms in total. The summed E-state index contributed by atoms with van der Waals surface area (Å²) in [5.74, 6) is 0.510. The average Bonchev–Trinajstić information content (AvgIpc) is 2.81. The van der Waals surface area contributed by atoms with Gasteiger partial charge in [-0.15, -0.1) is 11.3 Å². The highest BCUT2D eigenvalue weighted by molar-refractivity contribution is 7.16. The molecule has 2 rings (SSSR count). The number of hydrogen-bond donors (Lipinski definition) is 1. The molecule has 1 unspecified atom stereocenters. The molecule has 1 aromatic heterocycles. The van der Waals surface area contributed by atoms with E-state index in [4.69, 9.17) is 11.6 Å². The van der Waals surface area contributed by atoms with E-state index in [2.05, 4.69) is 49.5 Å². The molecular weight excluding hydrogens is 274 g/mol. The van der Waals surface area contributed by atoms with Gasteiger partial charge in [-0.1, -0.05) is 48.4 Å². The van der Waals surface area contributed by atoms with E-state index in [0.717, 1.165) is 23.8 Å². The van der Waals surface area contributed by atoms with Gasteiger partial charge in [0.25, 0.3) is 0 Å². The first-order valence-electron chi connectivity index (χ1n) is 6.70. The van der Waals surface area contributed by atoms with Crippen molar-refractivity contribution in [3.05, 3.63) is 56.7 Å². The van der Waals surface area contributed by atoms with Crippen LogP contribution in [-0.4, -0.2) is 13.1 Å². The van der Waals surface area contributed by atoms with Gasteiger partial charge in [0, 0.05) is 17.3 Å². The molecule has 0 radical (unpaired) electrons. The maximum Gasteiger partial charge on any atom is 0.0931 e. The van der Waals surface area contributed by atoms with Crippen LogP contribution in [0.2, 0.25) is 4.34 Å². The lowest BCUT2D eigenvalue weighted by Crippen LogP contribution is -2.22. The Kier molecular flexibility index (Phi) is 5.44. The quantitative estimate of drug-likeness (QED) is 0.818. The highest BCUT2D eigenvalue weighted by atomic mass is 35.5. The van der Waals surface area contributed by atoms with E-state index in [0.29, 0.717) is 5.92 Å². The van der Waals surface area contributed by atoms with E-state index in [1.54, 1.807) is 11.3 Å². The van der Waals surface area contributed by atoms with Gasteiger partial charge in [0.05, 0.1) is 4.34 Å². The summed E-state index contributed by atoms with van der Waals surface area (Å²) in [7, 11) is 0. The Hall–Kier alpha value is -0.830. The van der Waals surface area contributed by atoms with Gasteiger partial charge >= 0.3 is 0 Å². The molecule has 3 heteroatoms. The Bertz CT molecular complexity index is 504. The molecule has 0 amide bonds. The molecular formula is C16H20ClNS. The van der Waals surface area contributed by atoms with Crippen molar-refractivity contribution in [3.8, 4) is 0 Å². The van der Waals surface area contributed by atoms with Crippen LogP contribution in [0.15, 0.2) is 36.4 Å². The number of thiophene rings is 1. The summed E-state index contributed by atoms with van der Waals surface area (Å²) in [6.07, 6.45) is 1.05. The molecule has 1 heterocycles. The Morgan fingerprint density at radius 1 is 1.16 bits per heavy atom. The normalized spacial score (nSPS) is 12.6. The van der Waals surface area contributed by atoms with Crippen LogP contribution in [0.5, 0.6) is 0 Å². The number of halogens is 1. The average molecular weight is 294 g/mol. The second kappa shape index (κ2) is 7.09. The third-order valence-electron chi connectivity index (χ3n) is 3.27. The first kappa shape index (κ1) is 14.6. The zero-order chi connectivity index (χ0) is 13.7. The van der Waals surface area contributed by atoms with Gasteiger partial charge in [0.1, 0.15) is 0 Å². The smallest absolute Gasteiger partial charge is 0.0931 e. The van der Waals surface area contributed by atoms with Gasteiger partial charge in [-0.05, 0) is 37.6 Å². The summed E-state index contributed by atoms with van der Waals surface area (Å²) in [5.41, 5.74) is 2.71. The minimum Gasteiger partial charge on any atom is -0.316 e. The number of benzene rings is 1. The van der Waals surface area contributed by atoms with Crippen LogP contribution in [0.1, 0.15) is 28.8 Å². The molecule has 0 aliphatic carbocycles. The Morgan fingerprint density at radius 2 is 1.89 bits per heavy atom. The molecule has 0 saturated heterocycles. The predicted octanol–water partition coefficient (Wildman–Crippen LogP) is 4.65. The highest BCUT2D eigenvalue weighted by Gasteiger charge is 2.13. The zero-order valence-electron chi connectivity index (χ0n) is 11.4. The van der Waals surface area contributed by atoms with Crippen LogP contribution < -0.4 is 5.32 Å². The minimum atomic E-state index is 0.510. The van der Waals surface area contributed by atoms with Gasteiger partial charge in [-0.3, -0.25) is 0 Å². The zero-order valence-corrected chi connectivity index (χ0v) is 13.0. The van der Waals surface area contributed by atoms with Crippen LogP contribution in [0.3, 0.4) is 0 Å². The van der Waals surface area contributed by atoms with Crippen molar-refractivity contribution in [1.82, 2.24) is 5.32 Å². The third-order valence-corrected chi connectivity index (χ3v) is 4.52. The van der Waals surface area contributed by atoms with E-state index in [1.165, 1.54) is 16.0 Å². The molecule has 19 heavy (non-hydrogen) atoms. The van der Waals surface area contributed by atoms with Crippen molar-refractivity contribution >= 4 is 22.9 Å². The molecule has 1 atom stereocenters. The Balaban J connectivity index is 2.13. The van der Waals surface area contributed by atoms with Crippen molar-refractivity contribution in [1.29, 1.82) is 0 Å². The van der Waals surface area contributed by atoms with Crippen molar-refractivity contribution in [3.63, 3.8) is 0 Å². The van der Waals surface area contributed by atoms with Crippen molar-refractivity contribution in [2.75, 3.05) is 13.1 Å². The topological polar surface area (TPSA) is 12.0 Å². The molecule has 0 aliphatic heterocycles. The monoisotopic (exact) mass is 293 g/mol. The van der Waals surface area contributed by atoms with Gasteiger partial charge < -0.3 is 5.32 Å². The van der Waals surface area contributed by atoms with Crippen LogP contribution >= 0.6 is 22.9 Å². The summed E-state index contributed by atoms with van der Waals surface area (Å²) in [4.78, 5) is 1.36. The second-order valence-electron chi connectivity index (χ2n) is 4.83. The molecule has 0 aliphatic rings. The Labute approximate surface area is 124 Å². The van der Waals surface area contributed by atoms with Gasteiger partial charge in [0.2, 0.25) is 0 Å². The molecule has 0 saturated carbocycles. The van der Waals surface area contributed by atoms with Gasteiger partial charge in [-0.2, -0.15) is 0 Å². The molecule has 0 bridgehead atoms. The van der Waals surface area contributed by atoms with Crippen LogP contribution in [0, 0.1) is 6.92 Å². The second-order valence-corrected chi connectivity index (χ2v) is 6.62. The van der Waals surface area contributed by atoms with Gasteiger partial charge in [0.15, 0.2) is 0 Å². The number of nitrogens with one attached hydrogen (secondary N) is 1. The molecule has 2 aromatic rings. The van der Waals surface area contributed by atoms with E-state index >= 15 is 0 Å². The highest BCUT2D eigenvalue weighted by Crippen LogP contribution is 2.27. The van der Waals surface area contributed by atoms with Crippen molar-refractivity contribution in [2.45, 2.75) is 26.2 Å². The summed E-state index contributed by atoms with van der Waals surface area (Å²) in [6.45, 7) is 6.29. The largest absolute Gasteiger partial charge is 0.316 e. The standard InChI is InChI=1S/C16H20ClNS/c1-3-18-11-14(10-15-8-9-16(17)19-15)13-6-4-12(2)5-7-13/h4-9,14,18H,3,10-11H2,1-2H3. The van der Waals surface area contributed by atoms with E-state index in [1.807, 2.05) is 6.07 Å². The number of hydrogen-bond acceptors (Lipinski definition) is 2. The SMILES string of the molecule is CCNCC(Cc1ccc(Cl)s1)c1ccc(C)cc1. The van der Waals surface area contributed by atoms with E-state index in [9.17, 15) is 0 Å². The number of rotatable bonds is 6. The maximum absolute atomic E-state index is 6.02. The van der Waals surface area contributed by atoms with E-state index in [-0.39, 0.29) is 0 Å². The third kappa shape index (κ3) is 4.34. The van der Waals surface area contributed by atoms with Crippen LogP contribution in [0.4, 0.5) is 0 Å². The summed E-state index contributed by atoms with van der Waals surface area (Å²) in [6, 6.07) is 13.0. The Morgan fingerprint density at radius 3 is 2.47 bits per heavy atom. The van der Waals surface area contributed by atoms with E-state index < -0.39 is 0 Å². The molecule has 0 spiro atoms. The molecule has 1 N–H and O–H groups in total.